The van der Waals surface area contributed by atoms with Crippen LogP contribution in [0.1, 0.15) is 6.92 Å². The number of halogens is 1. The Balaban J connectivity index is 1.53. The minimum absolute atomic E-state index is 0.0693. The summed E-state index contributed by atoms with van der Waals surface area (Å²) < 4.78 is 7.85. The molecule has 0 saturated carbocycles. The second-order valence-corrected chi connectivity index (χ2v) is 7.63. The average molecular weight is 406 g/mol. The van der Waals surface area contributed by atoms with E-state index in [2.05, 4.69) is 14.9 Å². The molecular formula is C18H20ClN5O2S. The van der Waals surface area contributed by atoms with Crippen molar-refractivity contribution in [1.82, 2.24) is 14.8 Å². The Morgan fingerprint density at radius 2 is 1.89 bits per heavy atom. The van der Waals surface area contributed by atoms with Crippen molar-refractivity contribution in [2.75, 3.05) is 43.1 Å². The van der Waals surface area contributed by atoms with E-state index >= 15 is 0 Å². The van der Waals surface area contributed by atoms with Gasteiger partial charge in [-0.3, -0.25) is 4.79 Å². The third-order valence-corrected chi connectivity index (χ3v) is 6.27. The zero-order chi connectivity index (χ0) is 19.0. The van der Waals surface area contributed by atoms with Crippen molar-refractivity contribution in [3.63, 3.8) is 0 Å². The van der Waals surface area contributed by atoms with Crippen LogP contribution in [-0.4, -0.2) is 48.1 Å². The van der Waals surface area contributed by atoms with Crippen LogP contribution < -0.4 is 20.1 Å². The van der Waals surface area contributed by atoms with Gasteiger partial charge in [0.15, 0.2) is 5.13 Å². The number of hydrogen-bond donors (Lipinski definition) is 0. The van der Waals surface area contributed by atoms with Crippen LogP contribution in [0, 0.1) is 0 Å². The minimum atomic E-state index is -0.0693. The summed E-state index contributed by atoms with van der Waals surface area (Å²) in [4.78, 5) is 20.9. The highest BCUT2D eigenvalue weighted by atomic mass is 35.5. The van der Waals surface area contributed by atoms with Crippen LogP contribution in [0.15, 0.2) is 29.1 Å². The topological polar surface area (TPSA) is 63.5 Å². The summed E-state index contributed by atoms with van der Waals surface area (Å²) >= 11 is 7.92. The van der Waals surface area contributed by atoms with Crippen LogP contribution >= 0.6 is 22.9 Å². The maximum Gasteiger partial charge on any atom is 0.266 e. The second kappa shape index (κ2) is 7.36. The lowest BCUT2D eigenvalue weighted by molar-refractivity contribution is 0.419. The Bertz CT molecular complexity index is 1030. The SMILES string of the molecule is CCn1nc(N2CCN(c3nc4c(OC)ccc(Cl)c4s3)CC2)ccc1=O. The molecule has 7 nitrogen and oxygen atoms in total. The molecule has 0 atom stereocenters. The van der Waals surface area contributed by atoms with Crippen molar-refractivity contribution in [3.8, 4) is 5.75 Å². The van der Waals surface area contributed by atoms with Gasteiger partial charge in [-0.25, -0.2) is 9.67 Å². The predicted molar refractivity (Wildman–Crippen MR) is 110 cm³/mol. The van der Waals surface area contributed by atoms with E-state index in [1.807, 2.05) is 19.1 Å². The first-order chi connectivity index (χ1) is 13.1. The van der Waals surface area contributed by atoms with Crippen LogP contribution in [-0.2, 0) is 6.54 Å². The van der Waals surface area contributed by atoms with Crippen LogP contribution in [0.3, 0.4) is 0 Å². The summed E-state index contributed by atoms with van der Waals surface area (Å²) in [5, 5.41) is 6.09. The van der Waals surface area contributed by atoms with Crippen LogP contribution in [0.4, 0.5) is 10.9 Å². The average Bonchev–Trinajstić information content (AvgIpc) is 3.15. The summed E-state index contributed by atoms with van der Waals surface area (Å²) in [5.74, 6) is 1.58. The number of aryl methyl sites for hydroxylation is 1. The first kappa shape index (κ1) is 18.1. The van der Waals surface area contributed by atoms with Gasteiger partial charge in [-0.15, -0.1) is 0 Å². The molecule has 1 fully saturated rings. The maximum atomic E-state index is 11.7. The van der Waals surface area contributed by atoms with Gasteiger partial charge in [0.2, 0.25) is 0 Å². The zero-order valence-electron chi connectivity index (χ0n) is 15.2. The van der Waals surface area contributed by atoms with Crippen LogP contribution in [0.25, 0.3) is 10.2 Å². The van der Waals surface area contributed by atoms with E-state index in [-0.39, 0.29) is 5.56 Å². The van der Waals surface area contributed by atoms with Crippen molar-refractivity contribution in [2.45, 2.75) is 13.5 Å². The third-order valence-electron chi connectivity index (χ3n) is 4.69. The fraction of sp³-hybridized carbons (Fsp3) is 0.389. The van der Waals surface area contributed by atoms with Gasteiger partial charge in [-0.05, 0) is 25.1 Å². The van der Waals surface area contributed by atoms with E-state index in [4.69, 9.17) is 21.3 Å². The molecule has 3 heterocycles. The summed E-state index contributed by atoms with van der Waals surface area (Å²) in [6, 6.07) is 7.07. The molecule has 1 aliphatic rings. The lowest BCUT2D eigenvalue weighted by atomic mass is 10.3. The second-order valence-electron chi connectivity index (χ2n) is 6.24. The lowest BCUT2D eigenvalue weighted by Gasteiger charge is -2.35. The van der Waals surface area contributed by atoms with Crippen LogP contribution in [0.2, 0.25) is 5.02 Å². The summed E-state index contributed by atoms with van der Waals surface area (Å²) in [7, 11) is 1.64. The number of fused-ring (bicyclic) bond motifs is 1. The molecule has 1 aliphatic heterocycles. The molecule has 0 spiro atoms. The molecule has 0 bridgehead atoms. The largest absolute Gasteiger partial charge is 0.494 e. The number of aromatic nitrogens is 3. The quantitative estimate of drug-likeness (QED) is 0.665. The minimum Gasteiger partial charge on any atom is -0.494 e. The molecule has 9 heteroatoms. The molecule has 1 aromatic carbocycles. The van der Waals surface area contributed by atoms with Crippen molar-refractivity contribution in [1.29, 1.82) is 0 Å². The van der Waals surface area contributed by atoms with Gasteiger partial charge in [0, 0.05) is 38.8 Å². The highest BCUT2D eigenvalue weighted by Gasteiger charge is 2.22. The smallest absolute Gasteiger partial charge is 0.266 e. The Morgan fingerprint density at radius 1 is 1.15 bits per heavy atom. The fourth-order valence-electron chi connectivity index (χ4n) is 3.20. The van der Waals surface area contributed by atoms with Gasteiger partial charge in [0.05, 0.1) is 16.8 Å². The molecule has 0 radical (unpaired) electrons. The van der Waals surface area contributed by atoms with Gasteiger partial charge >= 0.3 is 0 Å². The van der Waals surface area contributed by atoms with Gasteiger partial charge < -0.3 is 14.5 Å². The molecule has 1 saturated heterocycles. The van der Waals surface area contributed by atoms with Crippen molar-refractivity contribution in [3.05, 3.63) is 39.6 Å². The molecule has 0 unspecified atom stereocenters. The normalized spacial score (nSPS) is 14.8. The molecule has 27 heavy (non-hydrogen) atoms. The Morgan fingerprint density at radius 3 is 2.59 bits per heavy atom. The number of hydrogen-bond acceptors (Lipinski definition) is 7. The van der Waals surface area contributed by atoms with Crippen molar-refractivity contribution in [2.24, 2.45) is 0 Å². The Labute approximate surface area is 165 Å². The number of thiazole rings is 1. The molecule has 0 N–H and O–H groups in total. The summed E-state index contributed by atoms with van der Waals surface area (Å²) in [5.41, 5.74) is 0.740. The standard InChI is InChI=1S/C18H20ClN5O2S/c1-3-24-15(25)7-6-14(21-24)22-8-10-23(11-9-22)18-20-16-13(26-2)5-4-12(19)17(16)27-18/h4-7H,3,8-11H2,1-2H3. The molecule has 142 valence electrons. The zero-order valence-corrected chi connectivity index (χ0v) is 16.8. The number of piperazine rings is 1. The van der Waals surface area contributed by atoms with E-state index in [9.17, 15) is 4.79 Å². The van der Waals surface area contributed by atoms with E-state index in [0.717, 1.165) is 53.1 Å². The molecular weight excluding hydrogens is 386 g/mol. The first-order valence-electron chi connectivity index (χ1n) is 8.81. The predicted octanol–water partition coefficient (Wildman–Crippen LogP) is 2.86. The first-order valence-corrected chi connectivity index (χ1v) is 10.0. The number of anilines is 2. The fourth-order valence-corrected chi connectivity index (χ4v) is 4.51. The van der Waals surface area contributed by atoms with E-state index in [1.165, 1.54) is 4.68 Å². The molecule has 0 amide bonds. The molecule has 0 aliphatic carbocycles. The van der Waals surface area contributed by atoms with Gasteiger partial charge in [0.1, 0.15) is 17.1 Å². The lowest BCUT2D eigenvalue weighted by Crippen LogP contribution is -2.47. The van der Waals surface area contributed by atoms with Gasteiger partial charge in [0.25, 0.3) is 5.56 Å². The Hall–Kier alpha value is -2.32. The highest BCUT2D eigenvalue weighted by Crippen LogP contribution is 2.38. The Kier molecular flexibility index (Phi) is 4.92. The number of benzene rings is 1. The highest BCUT2D eigenvalue weighted by molar-refractivity contribution is 7.22. The number of methoxy groups -OCH3 is 1. The van der Waals surface area contributed by atoms with Gasteiger partial charge in [-0.1, -0.05) is 22.9 Å². The summed E-state index contributed by atoms with van der Waals surface area (Å²) in [6.45, 7) is 5.77. The number of nitrogens with zero attached hydrogens (tertiary/aromatic N) is 5. The van der Waals surface area contributed by atoms with Gasteiger partial charge in [-0.2, -0.15) is 5.10 Å². The van der Waals surface area contributed by atoms with Crippen molar-refractivity contribution < 1.29 is 4.74 Å². The van der Waals surface area contributed by atoms with E-state index in [0.29, 0.717) is 11.6 Å². The van der Waals surface area contributed by atoms with Crippen molar-refractivity contribution >= 4 is 44.1 Å². The third kappa shape index (κ3) is 3.35. The monoisotopic (exact) mass is 405 g/mol. The number of ether oxygens (including phenoxy) is 1. The number of rotatable bonds is 4. The van der Waals surface area contributed by atoms with Crippen LogP contribution in [0.5, 0.6) is 5.75 Å². The molecule has 2 aromatic heterocycles. The summed E-state index contributed by atoms with van der Waals surface area (Å²) in [6.07, 6.45) is 0. The molecule has 3 aromatic rings. The maximum absolute atomic E-state index is 11.7. The van der Waals surface area contributed by atoms with E-state index in [1.54, 1.807) is 30.6 Å². The molecule has 4 rings (SSSR count). The van der Waals surface area contributed by atoms with E-state index < -0.39 is 0 Å².